The second-order valence-electron chi connectivity index (χ2n) is 8.32. The molecule has 0 spiro atoms. The predicted octanol–water partition coefficient (Wildman–Crippen LogP) is 6.04. The molecule has 0 heterocycles. The summed E-state index contributed by atoms with van der Waals surface area (Å²) in [7, 11) is 0. The summed E-state index contributed by atoms with van der Waals surface area (Å²) in [5.41, 5.74) is 0.833. The molecule has 1 aromatic rings. The van der Waals surface area contributed by atoms with Crippen LogP contribution in [0.1, 0.15) is 91.5 Å². The van der Waals surface area contributed by atoms with Gasteiger partial charge in [-0.3, -0.25) is 9.59 Å². The van der Waals surface area contributed by atoms with Crippen molar-refractivity contribution in [1.82, 2.24) is 0 Å². The molecule has 0 fully saturated rings. The first kappa shape index (κ1) is 24.2. The average Bonchev–Trinajstić information content (AvgIpc) is 2.71. The van der Waals surface area contributed by atoms with E-state index in [4.69, 9.17) is 9.47 Å². The van der Waals surface area contributed by atoms with E-state index in [-0.39, 0.29) is 24.4 Å². The first-order chi connectivity index (χ1) is 13.2. The molecule has 0 aliphatic carbocycles. The van der Waals surface area contributed by atoms with Gasteiger partial charge >= 0.3 is 11.9 Å². The van der Waals surface area contributed by atoms with Crippen LogP contribution in [0.5, 0.6) is 0 Å². The number of ether oxygens (including phenoxy) is 2. The van der Waals surface area contributed by atoms with E-state index >= 15 is 0 Å². The third kappa shape index (κ3) is 7.65. The maximum absolute atomic E-state index is 12.2. The molecule has 28 heavy (non-hydrogen) atoms. The average molecular weight is 391 g/mol. The van der Waals surface area contributed by atoms with Gasteiger partial charge in [0, 0.05) is 5.92 Å². The number of rotatable bonds is 12. The first-order valence-corrected chi connectivity index (χ1v) is 10.6. The molecule has 0 aliphatic rings. The molecule has 0 radical (unpaired) electrons. The highest BCUT2D eigenvalue weighted by Crippen LogP contribution is 2.37. The molecule has 0 aliphatic heterocycles. The van der Waals surface area contributed by atoms with Gasteiger partial charge < -0.3 is 9.47 Å². The van der Waals surface area contributed by atoms with Gasteiger partial charge in [0.2, 0.25) is 0 Å². The van der Waals surface area contributed by atoms with Crippen molar-refractivity contribution in [1.29, 1.82) is 0 Å². The van der Waals surface area contributed by atoms with Crippen molar-refractivity contribution in [3.8, 4) is 0 Å². The number of carbonyl (C=O) groups excluding carboxylic acids is 2. The molecular formula is C24H38O4. The van der Waals surface area contributed by atoms with Crippen LogP contribution >= 0.6 is 0 Å². The van der Waals surface area contributed by atoms with Gasteiger partial charge in [-0.25, -0.2) is 0 Å². The first-order valence-electron chi connectivity index (χ1n) is 10.6. The fraction of sp³-hybridized carbons (Fsp3) is 0.667. The van der Waals surface area contributed by atoms with Crippen LogP contribution in [0.3, 0.4) is 0 Å². The quantitative estimate of drug-likeness (QED) is 0.322. The van der Waals surface area contributed by atoms with E-state index in [1.54, 1.807) is 0 Å². The molecule has 0 saturated carbocycles. The van der Waals surface area contributed by atoms with Crippen LogP contribution in [0, 0.1) is 5.41 Å². The minimum atomic E-state index is -0.520. The molecule has 1 rings (SSSR count). The number of benzene rings is 1. The lowest BCUT2D eigenvalue weighted by Gasteiger charge is -2.31. The predicted molar refractivity (Wildman–Crippen MR) is 113 cm³/mol. The summed E-state index contributed by atoms with van der Waals surface area (Å²) in [5.74, 6) is -0.919. The Morgan fingerprint density at radius 3 is 1.96 bits per heavy atom. The van der Waals surface area contributed by atoms with Gasteiger partial charge in [-0.05, 0) is 37.2 Å². The smallest absolute Gasteiger partial charge is 0.317 e. The molecule has 0 amide bonds. The minimum Gasteiger partial charge on any atom is -0.465 e. The molecule has 1 aromatic carbocycles. The van der Waals surface area contributed by atoms with Crippen LogP contribution in [-0.4, -0.2) is 24.1 Å². The van der Waals surface area contributed by atoms with Gasteiger partial charge in [0.25, 0.3) is 0 Å². The van der Waals surface area contributed by atoms with Gasteiger partial charge in [-0.2, -0.15) is 0 Å². The van der Waals surface area contributed by atoms with Crippen molar-refractivity contribution in [2.45, 2.75) is 91.6 Å². The van der Waals surface area contributed by atoms with E-state index in [0.717, 1.165) is 24.8 Å². The van der Waals surface area contributed by atoms with Crippen LogP contribution in [0.4, 0.5) is 0 Å². The lowest BCUT2D eigenvalue weighted by Crippen LogP contribution is -2.31. The Balaban J connectivity index is 2.72. The number of hydrogen-bond acceptors (Lipinski definition) is 4. The summed E-state index contributed by atoms with van der Waals surface area (Å²) >= 11 is 0. The van der Waals surface area contributed by atoms with E-state index in [0.29, 0.717) is 12.8 Å². The SMILES string of the molecule is CCC(C)(CC)CC(COC(=O)CC(=O)OC(C)(CC)CC)c1ccccc1. The van der Waals surface area contributed by atoms with Crippen LogP contribution in [0.2, 0.25) is 0 Å². The van der Waals surface area contributed by atoms with E-state index in [1.807, 2.05) is 39.0 Å². The molecule has 4 heteroatoms. The summed E-state index contributed by atoms with van der Waals surface area (Å²) < 4.78 is 11.0. The Bertz CT molecular complexity index is 600. The highest BCUT2D eigenvalue weighted by molar-refractivity contribution is 5.91. The number of hydrogen-bond donors (Lipinski definition) is 0. The maximum atomic E-state index is 12.2. The van der Waals surface area contributed by atoms with Gasteiger partial charge in [-0.1, -0.05) is 77.8 Å². The van der Waals surface area contributed by atoms with Gasteiger partial charge in [0.1, 0.15) is 12.0 Å². The summed E-state index contributed by atoms with van der Waals surface area (Å²) in [4.78, 5) is 24.3. The van der Waals surface area contributed by atoms with E-state index in [9.17, 15) is 9.59 Å². The normalized spacial score (nSPS) is 13.1. The number of carbonyl (C=O) groups is 2. The second-order valence-corrected chi connectivity index (χ2v) is 8.32. The van der Waals surface area contributed by atoms with Crippen molar-refractivity contribution in [3.63, 3.8) is 0 Å². The fourth-order valence-electron chi connectivity index (χ4n) is 3.20. The number of esters is 2. The fourth-order valence-corrected chi connectivity index (χ4v) is 3.20. The van der Waals surface area contributed by atoms with Gasteiger partial charge in [0.05, 0.1) is 6.61 Å². The Kier molecular flexibility index (Phi) is 9.71. The lowest BCUT2D eigenvalue weighted by atomic mass is 9.75. The van der Waals surface area contributed by atoms with Crippen LogP contribution in [-0.2, 0) is 19.1 Å². The molecule has 0 aromatic heterocycles. The van der Waals surface area contributed by atoms with Crippen molar-refractivity contribution < 1.29 is 19.1 Å². The highest BCUT2D eigenvalue weighted by atomic mass is 16.6. The summed E-state index contributed by atoms with van der Waals surface area (Å²) in [6, 6.07) is 10.2. The Morgan fingerprint density at radius 1 is 0.893 bits per heavy atom. The van der Waals surface area contributed by atoms with Crippen LogP contribution in [0.15, 0.2) is 30.3 Å². The highest BCUT2D eigenvalue weighted by Gasteiger charge is 2.28. The van der Waals surface area contributed by atoms with Crippen molar-refractivity contribution in [2.24, 2.45) is 5.41 Å². The zero-order chi connectivity index (χ0) is 21.2. The van der Waals surface area contributed by atoms with E-state index in [2.05, 4.69) is 32.9 Å². The van der Waals surface area contributed by atoms with Crippen molar-refractivity contribution in [2.75, 3.05) is 6.61 Å². The monoisotopic (exact) mass is 390 g/mol. The standard InChI is InChI=1S/C24H38O4/c1-7-23(5,8-2)17-20(19-14-12-11-13-15-19)18-27-21(25)16-22(26)28-24(6,9-3)10-4/h11-15,20H,7-10,16-18H2,1-6H3. The molecule has 1 atom stereocenters. The molecule has 158 valence electrons. The third-order valence-corrected chi connectivity index (χ3v) is 6.31. The largest absolute Gasteiger partial charge is 0.465 e. The van der Waals surface area contributed by atoms with E-state index in [1.165, 1.54) is 0 Å². The molecule has 0 N–H and O–H groups in total. The van der Waals surface area contributed by atoms with Crippen LogP contribution in [0.25, 0.3) is 0 Å². The summed E-state index contributed by atoms with van der Waals surface area (Å²) in [6.07, 6.45) is 4.17. The second kappa shape index (κ2) is 11.2. The van der Waals surface area contributed by atoms with Gasteiger partial charge in [0.15, 0.2) is 0 Å². The topological polar surface area (TPSA) is 52.6 Å². The summed E-state index contributed by atoms with van der Waals surface area (Å²) in [5, 5.41) is 0. The third-order valence-electron chi connectivity index (χ3n) is 6.31. The Hall–Kier alpha value is -1.84. The van der Waals surface area contributed by atoms with Crippen molar-refractivity contribution in [3.05, 3.63) is 35.9 Å². The molecule has 0 bridgehead atoms. The van der Waals surface area contributed by atoms with Gasteiger partial charge in [-0.15, -0.1) is 0 Å². The van der Waals surface area contributed by atoms with Crippen molar-refractivity contribution >= 4 is 11.9 Å². The molecular weight excluding hydrogens is 352 g/mol. The van der Waals surface area contributed by atoms with Crippen LogP contribution < -0.4 is 0 Å². The lowest BCUT2D eigenvalue weighted by molar-refractivity contribution is -0.164. The Labute approximate surface area is 171 Å². The zero-order valence-corrected chi connectivity index (χ0v) is 18.5. The minimum absolute atomic E-state index is 0.114. The van der Waals surface area contributed by atoms with E-state index < -0.39 is 17.5 Å². The molecule has 1 unspecified atom stereocenters. The molecule has 4 nitrogen and oxygen atoms in total. The Morgan fingerprint density at radius 2 is 1.46 bits per heavy atom. The summed E-state index contributed by atoms with van der Waals surface area (Å²) in [6.45, 7) is 12.8. The molecule has 0 saturated heterocycles. The zero-order valence-electron chi connectivity index (χ0n) is 18.5. The maximum Gasteiger partial charge on any atom is 0.317 e.